The molecule has 0 radical (unpaired) electrons. The molecule has 0 fully saturated rings. The van der Waals surface area contributed by atoms with Crippen LogP contribution in [0.3, 0.4) is 0 Å². The van der Waals surface area contributed by atoms with Crippen LogP contribution in [-0.4, -0.2) is 23.8 Å². The van der Waals surface area contributed by atoms with Gasteiger partial charge in [-0.1, -0.05) is 69.7 Å². The number of carbonyl (C=O) groups is 1. The van der Waals surface area contributed by atoms with Gasteiger partial charge >= 0.3 is 5.97 Å². The van der Waals surface area contributed by atoms with E-state index in [0.29, 0.717) is 45.3 Å². The number of fused-ring (bicyclic) bond motifs is 1. The SMILES string of the molecule is CCOC(=O)C1=C(C)N=c2s/c(=C\c3cc(Br)cc(I)c3OCc3ccccc3)c(=O)n2[C@@H]1c1ccc(OCC)cc1. The average Bonchev–Trinajstić information content (AvgIpc) is 3.27. The molecule has 7 nitrogen and oxygen atoms in total. The molecule has 1 aliphatic heterocycles. The minimum absolute atomic E-state index is 0.212. The van der Waals surface area contributed by atoms with E-state index in [0.717, 1.165) is 24.7 Å². The Hall–Kier alpha value is -3.22. The molecule has 1 aliphatic rings. The largest absolute Gasteiger partial charge is 0.494 e. The van der Waals surface area contributed by atoms with Crippen LogP contribution in [0, 0.1) is 3.57 Å². The second-order valence-electron chi connectivity index (χ2n) is 9.38. The smallest absolute Gasteiger partial charge is 0.338 e. The number of aromatic nitrogens is 1. The maximum absolute atomic E-state index is 14.1. The number of hydrogen-bond acceptors (Lipinski definition) is 7. The number of benzene rings is 3. The van der Waals surface area contributed by atoms with Crippen molar-refractivity contribution < 1.29 is 19.0 Å². The zero-order valence-corrected chi connectivity index (χ0v) is 27.8. The number of ether oxygens (including phenoxy) is 3. The highest BCUT2D eigenvalue weighted by Crippen LogP contribution is 2.33. The number of halogens is 2. The summed E-state index contributed by atoms with van der Waals surface area (Å²) in [6.07, 6.45) is 1.83. The monoisotopic (exact) mass is 758 g/mol. The predicted molar refractivity (Wildman–Crippen MR) is 176 cm³/mol. The van der Waals surface area contributed by atoms with Gasteiger partial charge in [0.2, 0.25) is 0 Å². The molecule has 10 heteroatoms. The third-order valence-corrected chi connectivity index (χ3v) is 8.82. The van der Waals surface area contributed by atoms with Crippen molar-refractivity contribution >= 4 is 61.9 Å². The molecule has 2 heterocycles. The summed E-state index contributed by atoms with van der Waals surface area (Å²) in [4.78, 5) is 32.5. The number of allylic oxidation sites excluding steroid dienone is 1. The lowest BCUT2D eigenvalue weighted by Crippen LogP contribution is -2.39. The van der Waals surface area contributed by atoms with Gasteiger partial charge in [-0.25, -0.2) is 9.79 Å². The fourth-order valence-electron chi connectivity index (χ4n) is 4.73. The van der Waals surface area contributed by atoms with Crippen molar-refractivity contribution in [3.63, 3.8) is 0 Å². The minimum atomic E-state index is -0.699. The van der Waals surface area contributed by atoms with Gasteiger partial charge < -0.3 is 14.2 Å². The Labute approximate surface area is 269 Å². The van der Waals surface area contributed by atoms with Gasteiger partial charge in [0.1, 0.15) is 18.1 Å². The third-order valence-electron chi connectivity index (χ3n) is 6.57. The number of nitrogens with zero attached hydrogens (tertiary/aromatic N) is 2. The highest BCUT2D eigenvalue weighted by atomic mass is 127. The van der Waals surface area contributed by atoms with Gasteiger partial charge in [0.15, 0.2) is 4.80 Å². The lowest BCUT2D eigenvalue weighted by atomic mass is 9.96. The van der Waals surface area contributed by atoms with E-state index in [2.05, 4.69) is 43.5 Å². The summed E-state index contributed by atoms with van der Waals surface area (Å²) in [7, 11) is 0. The molecular formula is C32H28BrIN2O5S. The Kier molecular flexibility index (Phi) is 9.64. The van der Waals surface area contributed by atoms with E-state index in [1.54, 1.807) is 18.4 Å². The van der Waals surface area contributed by atoms with Crippen LogP contribution in [0.15, 0.2) is 92.3 Å². The van der Waals surface area contributed by atoms with Crippen LogP contribution >= 0.6 is 49.9 Å². The van der Waals surface area contributed by atoms with Gasteiger partial charge in [-0.3, -0.25) is 9.36 Å². The van der Waals surface area contributed by atoms with Crippen LogP contribution in [0.5, 0.6) is 11.5 Å². The van der Waals surface area contributed by atoms with Crippen LogP contribution in [0.2, 0.25) is 0 Å². The van der Waals surface area contributed by atoms with Crippen molar-refractivity contribution in [1.29, 1.82) is 0 Å². The number of rotatable bonds is 9. The normalized spacial score (nSPS) is 14.8. The maximum Gasteiger partial charge on any atom is 0.338 e. The molecule has 4 aromatic rings. The molecule has 0 N–H and O–H groups in total. The van der Waals surface area contributed by atoms with E-state index >= 15 is 0 Å². The predicted octanol–water partition coefficient (Wildman–Crippen LogP) is 6.14. The Morgan fingerprint density at radius 1 is 1.07 bits per heavy atom. The highest BCUT2D eigenvalue weighted by Gasteiger charge is 2.33. The van der Waals surface area contributed by atoms with Crippen LogP contribution in [0.25, 0.3) is 6.08 Å². The van der Waals surface area contributed by atoms with Gasteiger partial charge in [-0.15, -0.1) is 0 Å². The zero-order chi connectivity index (χ0) is 29.8. The molecule has 5 rings (SSSR count). The van der Waals surface area contributed by atoms with Gasteiger partial charge in [0.25, 0.3) is 5.56 Å². The molecule has 216 valence electrons. The van der Waals surface area contributed by atoms with E-state index < -0.39 is 12.0 Å². The quantitative estimate of drug-likeness (QED) is 0.151. The summed E-state index contributed by atoms with van der Waals surface area (Å²) < 4.78 is 21.1. The lowest BCUT2D eigenvalue weighted by molar-refractivity contribution is -0.139. The zero-order valence-electron chi connectivity index (χ0n) is 23.2. The Morgan fingerprint density at radius 2 is 1.81 bits per heavy atom. The van der Waals surface area contributed by atoms with Crippen molar-refractivity contribution in [3.05, 3.63) is 122 Å². The topological polar surface area (TPSA) is 79.1 Å². The van der Waals surface area contributed by atoms with E-state index in [9.17, 15) is 9.59 Å². The summed E-state index contributed by atoms with van der Waals surface area (Å²) >= 11 is 7.10. The first-order valence-electron chi connectivity index (χ1n) is 13.4. The number of thiazole rings is 1. The molecule has 1 atom stereocenters. The van der Waals surface area contributed by atoms with Crippen molar-refractivity contribution in [2.45, 2.75) is 33.4 Å². The fourth-order valence-corrected chi connectivity index (χ4v) is 7.47. The molecule has 0 saturated carbocycles. The van der Waals surface area contributed by atoms with Gasteiger partial charge in [0.05, 0.1) is 38.6 Å². The van der Waals surface area contributed by atoms with Gasteiger partial charge in [-0.05, 0) is 84.8 Å². The van der Waals surface area contributed by atoms with Crippen molar-refractivity contribution in [3.8, 4) is 11.5 Å². The first-order valence-corrected chi connectivity index (χ1v) is 16.1. The van der Waals surface area contributed by atoms with Crippen LogP contribution < -0.4 is 24.4 Å². The minimum Gasteiger partial charge on any atom is -0.494 e. The summed E-state index contributed by atoms with van der Waals surface area (Å²) in [6.45, 7) is 6.58. The standard InChI is InChI=1S/C32H28BrIN2O5S/c1-4-39-24-13-11-21(12-14-24)28-27(31(38)40-5-2)19(3)35-32-36(28)30(37)26(42-32)16-22-15-23(33)17-25(34)29(22)41-18-20-9-7-6-8-10-20/h6-17,28H,4-5,18H2,1-3H3/b26-16-/t28-/m1/s1. The van der Waals surface area contributed by atoms with Crippen LogP contribution in [-0.2, 0) is 16.1 Å². The maximum atomic E-state index is 14.1. The second kappa shape index (κ2) is 13.4. The van der Waals surface area contributed by atoms with Crippen molar-refractivity contribution in [1.82, 2.24) is 4.57 Å². The number of carbonyl (C=O) groups excluding carboxylic acids is 1. The van der Waals surface area contributed by atoms with E-state index in [1.165, 1.54) is 11.3 Å². The second-order valence-corrected chi connectivity index (χ2v) is 12.5. The Balaban J connectivity index is 1.64. The molecule has 1 aromatic heterocycles. The lowest BCUT2D eigenvalue weighted by Gasteiger charge is -2.24. The van der Waals surface area contributed by atoms with E-state index in [-0.39, 0.29) is 12.2 Å². The molecular weight excluding hydrogens is 731 g/mol. The van der Waals surface area contributed by atoms with E-state index in [1.807, 2.05) is 79.7 Å². The first-order chi connectivity index (χ1) is 20.3. The molecule has 0 bridgehead atoms. The van der Waals surface area contributed by atoms with Gasteiger partial charge in [0, 0.05) is 10.0 Å². The molecule has 0 spiro atoms. The summed E-state index contributed by atoms with van der Waals surface area (Å²) in [5.74, 6) is 0.893. The summed E-state index contributed by atoms with van der Waals surface area (Å²) in [5.41, 5.74) is 3.16. The highest BCUT2D eigenvalue weighted by molar-refractivity contribution is 14.1. The third kappa shape index (κ3) is 6.40. The first kappa shape index (κ1) is 30.2. The fraction of sp³-hybridized carbons (Fsp3) is 0.219. The summed E-state index contributed by atoms with van der Waals surface area (Å²) in [6, 6.07) is 20.6. The molecule has 0 aliphatic carbocycles. The molecule has 0 saturated heterocycles. The number of hydrogen-bond donors (Lipinski definition) is 0. The van der Waals surface area contributed by atoms with Crippen LogP contribution in [0.1, 0.15) is 43.5 Å². The molecule has 3 aromatic carbocycles. The van der Waals surface area contributed by atoms with Crippen molar-refractivity contribution in [2.75, 3.05) is 13.2 Å². The molecule has 42 heavy (non-hydrogen) atoms. The van der Waals surface area contributed by atoms with Gasteiger partial charge in [-0.2, -0.15) is 0 Å². The molecule has 0 unspecified atom stereocenters. The van der Waals surface area contributed by atoms with E-state index in [4.69, 9.17) is 14.2 Å². The summed E-state index contributed by atoms with van der Waals surface area (Å²) in [5, 5.41) is 0. The molecule has 0 amide bonds. The average molecular weight is 759 g/mol. The van der Waals surface area contributed by atoms with Crippen molar-refractivity contribution in [2.24, 2.45) is 4.99 Å². The Bertz CT molecular complexity index is 1830. The van der Waals surface area contributed by atoms with Crippen LogP contribution in [0.4, 0.5) is 0 Å². The number of esters is 1. The Morgan fingerprint density at radius 3 is 2.50 bits per heavy atom.